The average molecular weight is 376 g/mol. The molecule has 0 N–H and O–H groups in total. The zero-order valence-electron chi connectivity index (χ0n) is 14.1. The fourth-order valence-electron chi connectivity index (χ4n) is 3.12. The number of hydrogen-bond acceptors (Lipinski definition) is 5. The van der Waals surface area contributed by atoms with Crippen LogP contribution in [0.1, 0.15) is 12.8 Å². The van der Waals surface area contributed by atoms with Crippen LogP contribution in [0.3, 0.4) is 0 Å². The highest BCUT2D eigenvalue weighted by Crippen LogP contribution is 2.24. The third kappa shape index (κ3) is 3.57. The summed E-state index contributed by atoms with van der Waals surface area (Å²) in [5, 5.41) is 0.294. The Morgan fingerprint density at radius 1 is 1.11 bits per heavy atom. The van der Waals surface area contributed by atoms with Gasteiger partial charge in [0.1, 0.15) is 5.75 Å². The first-order chi connectivity index (χ1) is 12.9. The van der Waals surface area contributed by atoms with Crippen molar-refractivity contribution >= 4 is 16.9 Å². The van der Waals surface area contributed by atoms with E-state index in [1.807, 2.05) is 0 Å². The lowest BCUT2D eigenvalue weighted by Crippen LogP contribution is -2.22. The van der Waals surface area contributed by atoms with Crippen LogP contribution < -0.4 is 15.2 Å². The maximum Gasteiger partial charge on any atom is 0.573 e. The Morgan fingerprint density at radius 3 is 2.63 bits per heavy atom. The average Bonchev–Trinajstić information content (AvgIpc) is 3.15. The van der Waals surface area contributed by atoms with E-state index in [9.17, 15) is 18.0 Å². The third-order valence-electron chi connectivity index (χ3n) is 4.35. The predicted molar refractivity (Wildman–Crippen MR) is 93.3 cm³/mol. The lowest BCUT2D eigenvalue weighted by Gasteiger charge is -2.15. The number of rotatable bonds is 3. The van der Waals surface area contributed by atoms with Crippen LogP contribution in [0.5, 0.6) is 5.75 Å². The molecule has 1 aliphatic heterocycles. The third-order valence-corrected chi connectivity index (χ3v) is 4.35. The van der Waals surface area contributed by atoms with Crippen molar-refractivity contribution in [3.63, 3.8) is 0 Å². The van der Waals surface area contributed by atoms with Gasteiger partial charge >= 0.3 is 6.36 Å². The van der Waals surface area contributed by atoms with Gasteiger partial charge in [0.25, 0.3) is 5.56 Å². The molecule has 1 fully saturated rings. The molecular formula is C18H15F3N4O2. The van der Waals surface area contributed by atoms with Crippen molar-refractivity contribution in [3.8, 4) is 11.4 Å². The molecular weight excluding hydrogens is 361 g/mol. The highest BCUT2D eigenvalue weighted by molar-refractivity contribution is 5.78. The Bertz CT molecular complexity index is 1040. The van der Waals surface area contributed by atoms with Gasteiger partial charge < -0.3 is 9.64 Å². The summed E-state index contributed by atoms with van der Waals surface area (Å²) in [6.45, 7) is 1.77. The van der Waals surface area contributed by atoms with Crippen LogP contribution in [-0.4, -0.2) is 34.0 Å². The molecule has 3 aromatic rings. The summed E-state index contributed by atoms with van der Waals surface area (Å²) in [6, 6.07) is 6.89. The minimum absolute atomic E-state index is 0.257. The molecule has 140 valence electrons. The first-order valence-corrected chi connectivity index (χ1v) is 8.40. The van der Waals surface area contributed by atoms with Gasteiger partial charge in [0, 0.05) is 31.5 Å². The summed E-state index contributed by atoms with van der Waals surface area (Å²) in [4.78, 5) is 23.5. The van der Waals surface area contributed by atoms with Crippen LogP contribution in [0.25, 0.3) is 16.6 Å². The molecule has 0 radical (unpaired) electrons. The Balaban J connectivity index is 1.73. The van der Waals surface area contributed by atoms with Crippen LogP contribution in [0.15, 0.2) is 47.5 Å². The molecule has 0 saturated carbocycles. The number of ether oxygens (including phenoxy) is 1. The molecule has 0 atom stereocenters. The van der Waals surface area contributed by atoms with E-state index in [0.717, 1.165) is 32.0 Å². The standard InChI is InChI=1S/C18H15F3N4O2/c19-18(20,21)27-13-5-3-4-12(10-13)25-9-6-15-14(16(25)26)11-22-17(23-15)24-7-1-2-8-24/h3-6,9-11H,1-2,7-8H2. The maximum absolute atomic E-state index is 12.8. The van der Waals surface area contributed by atoms with Gasteiger partial charge in [-0.15, -0.1) is 13.2 Å². The fourth-order valence-corrected chi connectivity index (χ4v) is 3.12. The Labute approximate surface area is 151 Å². The monoisotopic (exact) mass is 376 g/mol. The lowest BCUT2D eigenvalue weighted by atomic mass is 10.2. The molecule has 0 bridgehead atoms. The SMILES string of the molecule is O=c1c2cnc(N3CCCC3)nc2ccn1-c1cccc(OC(F)(F)F)c1. The topological polar surface area (TPSA) is 60.2 Å². The number of fused-ring (bicyclic) bond motifs is 1. The number of nitrogens with zero attached hydrogens (tertiary/aromatic N) is 4. The maximum atomic E-state index is 12.8. The van der Waals surface area contributed by atoms with Gasteiger partial charge in [-0.25, -0.2) is 9.97 Å². The molecule has 27 heavy (non-hydrogen) atoms. The number of benzene rings is 1. The summed E-state index contributed by atoms with van der Waals surface area (Å²) in [5.41, 5.74) is 0.341. The van der Waals surface area contributed by atoms with Crippen molar-refractivity contribution in [2.24, 2.45) is 0 Å². The first kappa shape index (κ1) is 17.3. The van der Waals surface area contributed by atoms with Crippen LogP contribution in [-0.2, 0) is 0 Å². The fraction of sp³-hybridized carbons (Fsp3) is 0.278. The van der Waals surface area contributed by atoms with E-state index in [2.05, 4.69) is 19.6 Å². The number of aromatic nitrogens is 3. The summed E-state index contributed by atoms with van der Waals surface area (Å²) in [5.74, 6) is 0.186. The number of halogens is 3. The van der Waals surface area contributed by atoms with Gasteiger partial charge in [0.15, 0.2) is 0 Å². The van der Waals surface area contributed by atoms with Crippen molar-refractivity contribution in [2.45, 2.75) is 19.2 Å². The lowest BCUT2D eigenvalue weighted by molar-refractivity contribution is -0.274. The summed E-state index contributed by atoms with van der Waals surface area (Å²) < 4.78 is 42.4. The van der Waals surface area contributed by atoms with Crippen LogP contribution in [0, 0.1) is 0 Å². The second-order valence-corrected chi connectivity index (χ2v) is 6.20. The summed E-state index contributed by atoms with van der Waals surface area (Å²) in [7, 11) is 0. The quantitative estimate of drug-likeness (QED) is 0.702. The van der Waals surface area contributed by atoms with E-state index >= 15 is 0 Å². The largest absolute Gasteiger partial charge is 0.573 e. The molecule has 1 saturated heterocycles. The molecule has 0 amide bonds. The van der Waals surface area contributed by atoms with E-state index in [4.69, 9.17) is 0 Å². The van der Waals surface area contributed by atoms with Crippen molar-refractivity contribution in [2.75, 3.05) is 18.0 Å². The van der Waals surface area contributed by atoms with E-state index in [0.29, 0.717) is 16.9 Å². The predicted octanol–water partition coefficient (Wildman–Crippen LogP) is 3.28. The van der Waals surface area contributed by atoms with Gasteiger partial charge in [-0.1, -0.05) is 6.07 Å². The molecule has 0 unspecified atom stereocenters. The van der Waals surface area contributed by atoms with E-state index in [1.165, 1.54) is 35.2 Å². The second kappa shape index (κ2) is 6.57. The summed E-state index contributed by atoms with van der Waals surface area (Å²) >= 11 is 0. The van der Waals surface area contributed by atoms with Crippen molar-refractivity contribution in [3.05, 3.63) is 53.1 Å². The highest BCUT2D eigenvalue weighted by Gasteiger charge is 2.31. The van der Waals surface area contributed by atoms with E-state index < -0.39 is 17.7 Å². The van der Waals surface area contributed by atoms with Gasteiger partial charge in [0.2, 0.25) is 5.95 Å². The zero-order valence-corrected chi connectivity index (χ0v) is 14.1. The van der Waals surface area contributed by atoms with E-state index in [-0.39, 0.29) is 5.69 Å². The second-order valence-electron chi connectivity index (χ2n) is 6.20. The molecule has 0 spiro atoms. The van der Waals surface area contributed by atoms with Gasteiger partial charge in [-0.3, -0.25) is 9.36 Å². The number of anilines is 1. The first-order valence-electron chi connectivity index (χ1n) is 8.40. The van der Waals surface area contributed by atoms with Gasteiger partial charge in [0.05, 0.1) is 16.6 Å². The van der Waals surface area contributed by atoms with Crippen molar-refractivity contribution in [1.82, 2.24) is 14.5 Å². The van der Waals surface area contributed by atoms with Crippen LogP contribution >= 0.6 is 0 Å². The highest BCUT2D eigenvalue weighted by atomic mass is 19.4. The molecule has 3 heterocycles. The smallest absolute Gasteiger partial charge is 0.406 e. The molecule has 9 heteroatoms. The van der Waals surface area contributed by atoms with Crippen molar-refractivity contribution in [1.29, 1.82) is 0 Å². The van der Waals surface area contributed by atoms with Crippen LogP contribution in [0.2, 0.25) is 0 Å². The molecule has 4 rings (SSSR count). The summed E-state index contributed by atoms with van der Waals surface area (Å²) in [6.07, 6.45) is 0.314. The van der Waals surface area contributed by atoms with Crippen molar-refractivity contribution < 1.29 is 17.9 Å². The number of hydrogen-bond donors (Lipinski definition) is 0. The minimum atomic E-state index is -4.80. The molecule has 2 aromatic heterocycles. The number of pyridine rings is 1. The Morgan fingerprint density at radius 2 is 1.89 bits per heavy atom. The molecule has 6 nitrogen and oxygen atoms in total. The zero-order chi connectivity index (χ0) is 19.0. The molecule has 0 aliphatic carbocycles. The molecule has 1 aromatic carbocycles. The van der Waals surface area contributed by atoms with Gasteiger partial charge in [-0.05, 0) is 31.0 Å². The Kier molecular flexibility index (Phi) is 4.21. The Hall–Kier alpha value is -3.10. The van der Waals surface area contributed by atoms with E-state index in [1.54, 1.807) is 6.07 Å². The molecule has 1 aliphatic rings. The normalized spacial score (nSPS) is 14.7. The number of alkyl halides is 3. The minimum Gasteiger partial charge on any atom is -0.406 e. The van der Waals surface area contributed by atoms with Crippen LogP contribution in [0.4, 0.5) is 19.1 Å². The van der Waals surface area contributed by atoms with Gasteiger partial charge in [-0.2, -0.15) is 0 Å².